The van der Waals surface area contributed by atoms with Crippen LogP contribution in [-0.4, -0.2) is 54.5 Å². The molecule has 2 fully saturated rings. The molecule has 2 aliphatic heterocycles. The van der Waals surface area contributed by atoms with Gasteiger partial charge in [-0.2, -0.15) is 0 Å². The molecule has 4 rings (SSSR count). The average Bonchev–Trinajstić information content (AvgIpc) is 3.10. The van der Waals surface area contributed by atoms with E-state index < -0.39 is 0 Å². The lowest BCUT2D eigenvalue weighted by Gasteiger charge is -2.39. The van der Waals surface area contributed by atoms with E-state index in [0.717, 1.165) is 50.5 Å². The lowest BCUT2D eigenvalue weighted by molar-refractivity contribution is 0.0577. The Balaban J connectivity index is 1.30. The van der Waals surface area contributed by atoms with Crippen molar-refractivity contribution in [1.29, 1.82) is 0 Å². The molecule has 138 valence electrons. The van der Waals surface area contributed by atoms with Gasteiger partial charge in [0.15, 0.2) is 0 Å². The Kier molecular flexibility index (Phi) is 4.88. The van der Waals surface area contributed by atoms with Crippen LogP contribution in [-0.2, 0) is 4.74 Å². The van der Waals surface area contributed by atoms with E-state index in [-0.39, 0.29) is 11.5 Å². The summed E-state index contributed by atoms with van der Waals surface area (Å²) in [5.74, 6) is 2.33. The zero-order chi connectivity index (χ0) is 17.8. The number of hydrogen-bond acceptors (Lipinski definition) is 7. The molecule has 7 heteroatoms. The molecule has 0 amide bonds. The SMILES string of the molecule is COc1cc(N2CCC3(CC2)CO[C@@H](COc2cccnc2)C3)ncn1. The Morgan fingerprint density at radius 3 is 2.96 bits per heavy atom. The van der Waals surface area contributed by atoms with E-state index in [9.17, 15) is 0 Å². The van der Waals surface area contributed by atoms with Gasteiger partial charge < -0.3 is 19.1 Å². The normalized spacial score (nSPS) is 21.7. The molecular weight excluding hydrogens is 332 g/mol. The third-order valence-electron chi connectivity index (χ3n) is 5.34. The molecule has 26 heavy (non-hydrogen) atoms. The summed E-state index contributed by atoms with van der Waals surface area (Å²) < 4.78 is 17.0. The van der Waals surface area contributed by atoms with Gasteiger partial charge in [0.05, 0.1) is 26.0 Å². The first kappa shape index (κ1) is 17.0. The lowest BCUT2D eigenvalue weighted by atomic mass is 9.76. The Morgan fingerprint density at radius 1 is 1.31 bits per heavy atom. The van der Waals surface area contributed by atoms with Crippen LogP contribution in [0.15, 0.2) is 36.9 Å². The van der Waals surface area contributed by atoms with Gasteiger partial charge >= 0.3 is 0 Å². The van der Waals surface area contributed by atoms with E-state index >= 15 is 0 Å². The van der Waals surface area contributed by atoms with Crippen LogP contribution < -0.4 is 14.4 Å². The number of anilines is 1. The Labute approximate surface area is 153 Å². The van der Waals surface area contributed by atoms with Crippen molar-refractivity contribution < 1.29 is 14.2 Å². The van der Waals surface area contributed by atoms with Crippen LogP contribution >= 0.6 is 0 Å². The molecular formula is C19H24N4O3. The third-order valence-corrected chi connectivity index (χ3v) is 5.34. The highest BCUT2D eigenvalue weighted by Crippen LogP contribution is 2.42. The van der Waals surface area contributed by atoms with Gasteiger partial charge in [0, 0.05) is 25.4 Å². The summed E-state index contributed by atoms with van der Waals surface area (Å²) in [5, 5.41) is 0. The summed E-state index contributed by atoms with van der Waals surface area (Å²) in [4.78, 5) is 14.8. The number of ether oxygens (including phenoxy) is 3. The summed E-state index contributed by atoms with van der Waals surface area (Å²) >= 11 is 0. The third kappa shape index (κ3) is 3.72. The highest BCUT2D eigenvalue weighted by Gasteiger charge is 2.42. The first-order valence-electron chi connectivity index (χ1n) is 9.02. The molecule has 0 N–H and O–H groups in total. The maximum Gasteiger partial charge on any atom is 0.218 e. The zero-order valence-corrected chi connectivity index (χ0v) is 15.0. The number of methoxy groups -OCH3 is 1. The van der Waals surface area contributed by atoms with Crippen molar-refractivity contribution in [3.8, 4) is 11.6 Å². The summed E-state index contributed by atoms with van der Waals surface area (Å²) in [6, 6.07) is 5.70. The number of hydrogen-bond donors (Lipinski definition) is 0. The van der Waals surface area contributed by atoms with Crippen molar-refractivity contribution in [1.82, 2.24) is 15.0 Å². The van der Waals surface area contributed by atoms with Gasteiger partial charge in [-0.3, -0.25) is 4.98 Å². The number of pyridine rings is 1. The summed E-state index contributed by atoms with van der Waals surface area (Å²) in [5.41, 5.74) is 0.260. The van der Waals surface area contributed by atoms with E-state index in [4.69, 9.17) is 14.2 Å². The lowest BCUT2D eigenvalue weighted by Crippen LogP contribution is -2.41. The molecule has 7 nitrogen and oxygen atoms in total. The van der Waals surface area contributed by atoms with Crippen molar-refractivity contribution >= 4 is 5.82 Å². The number of nitrogens with zero attached hydrogens (tertiary/aromatic N) is 4. The van der Waals surface area contributed by atoms with Gasteiger partial charge in [0.1, 0.15) is 24.5 Å². The highest BCUT2D eigenvalue weighted by atomic mass is 16.5. The molecule has 0 aliphatic carbocycles. The maximum absolute atomic E-state index is 6.04. The van der Waals surface area contributed by atoms with Crippen molar-refractivity contribution in [2.75, 3.05) is 38.3 Å². The Hall–Kier alpha value is -2.41. The molecule has 2 aromatic rings. The predicted molar refractivity (Wildman–Crippen MR) is 96.6 cm³/mol. The second-order valence-corrected chi connectivity index (χ2v) is 7.04. The smallest absolute Gasteiger partial charge is 0.218 e. The fraction of sp³-hybridized carbons (Fsp3) is 0.526. The standard InChI is InChI=1S/C19H24N4O3/c1-24-18-9-17(21-14-22-18)23-7-4-19(5-8-23)10-16(26-13-19)12-25-15-3-2-6-20-11-15/h2-3,6,9,11,14,16H,4-5,7-8,10,12-13H2,1H3/t16-/m1/s1. The van der Waals surface area contributed by atoms with Crippen LogP contribution in [0, 0.1) is 5.41 Å². The van der Waals surface area contributed by atoms with Crippen LogP contribution in [0.5, 0.6) is 11.6 Å². The second kappa shape index (κ2) is 7.45. The molecule has 0 radical (unpaired) electrons. The van der Waals surface area contributed by atoms with Crippen molar-refractivity contribution in [2.24, 2.45) is 5.41 Å². The molecule has 0 unspecified atom stereocenters. The fourth-order valence-electron chi connectivity index (χ4n) is 3.80. The van der Waals surface area contributed by atoms with Crippen LogP contribution in [0.2, 0.25) is 0 Å². The van der Waals surface area contributed by atoms with Gasteiger partial charge in [-0.1, -0.05) is 0 Å². The molecule has 4 heterocycles. The number of aromatic nitrogens is 3. The van der Waals surface area contributed by atoms with E-state index in [0.29, 0.717) is 12.5 Å². The molecule has 0 saturated carbocycles. The minimum absolute atomic E-state index is 0.154. The van der Waals surface area contributed by atoms with Crippen LogP contribution in [0.4, 0.5) is 5.82 Å². The minimum Gasteiger partial charge on any atom is -0.489 e. The van der Waals surface area contributed by atoms with E-state index in [1.54, 1.807) is 25.8 Å². The summed E-state index contributed by atoms with van der Waals surface area (Å²) in [6.45, 7) is 3.34. The molecule has 1 atom stereocenters. The zero-order valence-electron chi connectivity index (χ0n) is 15.0. The molecule has 2 aliphatic rings. The number of rotatable bonds is 5. The summed E-state index contributed by atoms with van der Waals surface area (Å²) in [6.07, 6.45) is 8.44. The predicted octanol–water partition coefficient (Wildman–Crippen LogP) is 2.33. The van der Waals surface area contributed by atoms with Crippen molar-refractivity contribution in [3.05, 3.63) is 36.9 Å². The quantitative estimate of drug-likeness (QED) is 0.814. The Morgan fingerprint density at radius 2 is 2.19 bits per heavy atom. The summed E-state index contributed by atoms with van der Waals surface area (Å²) in [7, 11) is 1.63. The Bertz CT molecular complexity index is 720. The molecule has 2 saturated heterocycles. The topological polar surface area (TPSA) is 69.6 Å². The van der Waals surface area contributed by atoms with Crippen LogP contribution in [0.3, 0.4) is 0 Å². The van der Waals surface area contributed by atoms with E-state index in [1.807, 2.05) is 18.2 Å². The van der Waals surface area contributed by atoms with E-state index in [2.05, 4.69) is 19.9 Å². The monoisotopic (exact) mass is 356 g/mol. The molecule has 0 bridgehead atoms. The average molecular weight is 356 g/mol. The highest BCUT2D eigenvalue weighted by molar-refractivity contribution is 5.41. The van der Waals surface area contributed by atoms with Crippen molar-refractivity contribution in [3.63, 3.8) is 0 Å². The van der Waals surface area contributed by atoms with Crippen LogP contribution in [0.25, 0.3) is 0 Å². The largest absolute Gasteiger partial charge is 0.489 e. The second-order valence-electron chi connectivity index (χ2n) is 7.04. The van der Waals surface area contributed by atoms with Gasteiger partial charge in [-0.15, -0.1) is 0 Å². The van der Waals surface area contributed by atoms with Gasteiger partial charge in [0.25, 0.3) is 0 Å². The van der Waals surface area contributed by atoms with Crippen molar-refractivity contribution in [2.45, 2.75) is 25.4 Å². The maximum atomic E-state index is 6.04. The molecule has 0 aromatic carbocycles. The first-order chi connectivity index (χ1) is 12.8. The fourth-order valence-corrected chi connectivity index (χ4v) is 3.80. The van der Waals surface area contributed by atoms with Crippen LogP contribution in [0.1, 0.15) is 19.3 Å². The first-order valence-corrected chi connectivity index (χ1v) is 9.02. The van der Waals surface area contributed by atoms with Gasteiger partial charge in [0.2, 0.25) is 5.88 Å². The van der Waals surface area contributed by atoms with Gasteiger partial charge in [-0.05, 0) is 36.8 Å². The van der Waals surface area contributed by atoms with Gasteiger partial charge in [-0.25, -0.2) is 9.97 Å². The van der Waals surface area contributed by atoms with E-state index in [1.165, 1.54) is 0 Å². The molecule has 1 spiro atoms. The minimum atomic E-state index is 0.154. The molecule has 2 aromatic heterocycles. The number of piperidine rings is 1.